The molecule has 0 aliphatic rings. The summed E-state index contributed by atoms with van der Waals surface area (Å²) in [4.78, 5) is 0. The predicted octanol–water partition coefficient (Wildman–Crippen LogP) is 3.47. The van der Waals surface area contributed by atoms with E-state index in [1.54, 1.807) is 10.9 Å². The number of hydrogen-bond acceptors (Lipinski definition) is 4. The van der Waals surface area contributed by atoms with Crippen LogP contribution in [0.1, 0.15) is 5.56 Å². The lowest BCUT2D eigenvalue weighted by Crippen LogP contribution is -2.19. The Morgan fingerprint density at radius 2 is 1.61 bits per heavy atom. The Bertz CT molecular complexity index is 909. The molecule has 2 N–H and O–H groups in total. The first kappa shape index (κ1) is 19.8. The van der Waals surface area contributed by atoms with E-state index in [-0.39, 0.29) is 6.73 Å². The van der Waals surface area contributed by atoms with Crippen LogP contribution in [0.3, 0.4) is 0 Å². The summed E-state index contributed by atoms with van der Waals surface area (Å²) in [5.74, 6) is 0. The van der Waals surface area contributed by atoms with E-state index in [2.05, 4.69) is 25.6 Å². The van der Waals surface area contributed by atoms with E-state index in [0.29, 0.717) is 23.0 Å². The first-order valence-corrected chi connectivity index (χ1v) is 8.59. The zero-order valence-electron chi connectivity index (χ0n) is 14.6. The molecule has 0 atom stereocenters. The summed E-state index contributed by atoms with van der Waals surface area (Å²) in [6.45, 7) is -1.01. The SMILES string of the molecule is FC(F)(F)COCn1cc(NC(=S)Nc2cnn(Cc3ccccc3)c2)cn1. The molecule has 11 heteroatoms. The van der Waals surface area contributed by atoms with Crippen LogP contribution in [0.4, 0.5) is 24.5 Å². The minimum atomic E-state index is -4.37. The van der Waals surface area contributed by atoms with Crippen molar-refractivity contribution in [3.05, 3.63) is 60.7 Å². The molecule has 0 saturated carbocycles. The monoisotopic (exact) mass is 410 g/mol. The van der Waals surface area contributed by atoms with Gasteiger partial charge in [-0.05, 0) is 17.8 Å². The Hall–Kier alpha value is -2.92. The molecule has 0 unspecified atom stereocenters. The molecule has 7 nitrogen and oxygen atoms in total. The molecule has 1 aromatic carbocycles. The second kappa shape index (κ2) is 8.85. The molecule has 0 radical (unpaired) electrons. The molecule has 0 amide bonds. The molecular weight excluding hydrogens is 393 g/mol. The van der Waals surface area contributed by atoms with E-state index < -0.39 is 12.8 Å². The standard InChI is InChI=1S/C17H17F3N6OS/c18-17(19,20)11-27-12-26-10-15(7-22-26)24-16(28)23-14-6-21-25(9-14)8-13-4-2-1-3-5-13/h1-7,9-10H,8,11-12H2,(H2,23,24,28). The first-order valence-electron chi connectivity index (χ1n) is 8.19. The summed E-state index contributed by atoms with van der Waals surface area (Å²) in [5.41, 5.74) is 2.34. The number of aromatic nitrogens is 4. The maximum atomic E-state index is 12.1. The highest BCUT2D eigenvalue weighted by Crippen LogP contribution is 2.15. The Morgan fingerprint density at radius 3 is 2.25 bits per heavy atom. The summed E-state index contributed by atoms with van der Waals surface area (Å²) in [5, 5.41) is 14.4. The van der Waals surface area contributed by atoms with Crippen molar-refractivity contribution in [1.29, 1.82) is 0 Å². The highest BCUT2D eigenvalue weighted by Gasteiger charge is 2.27. The smallest absolute Gasteiger partial charge is 0.350 e. The zero-order valence-corrected chi connectivity index (χ0v) is 15.4. The molecule has 0 saturated heterocycles. The number of rotatable bonds is 7. The van der Waals surface area contributed by atoms with E-state index in [1.165, 1.54) is 17.1 Å². The quantitative estimate of drug-likeness (QED) is 0.582. The number of ether oxygens (including phenoxy) is 1. The average molecular weight is 410 g/mol. The first-order chi connectivity index (χ1) is 13.4. The lowest BCUT2D eigenvalue weighted by atomic mass is 10.2. The third-order valence-electron chi connectivity index (χ3n) is 3.46. The lowest BCUT2D eigenvalue weighted by molar-refractivity contribution is -0.182. The number of nitrogens with zero attached hydrogens (tertiary/aromatic N) is 4. The lowest BCUT2D eigenvalue weighted by Gasteiger charge is -2.08. The zero-order chi connectivity index (χ0) is 20.0. The van der Waals surface area contributed by atoms with Crippen molar-refractivity contribution in [1.82, 2.24) is 19.6 Å². The number of anilines is 2. The molecule has 0 aliphatic heterocycles. The molecule has 0 fully saturated rings. The molecule has 2 aromatic heterocycles. The number of hydrogen-bond donors (Lipinski definition) is 2. The molecule has 0 aliphatic carbocycles. The Balaban J connectivity index is 1.47. The van der Waals surface area contributed by atoms with Gasteiger partial charge in [-0.25, -0.2) is 4.68 Å². The van der Waals surface area contributed by atoms with E-state index in [1.807, 2.05) is 36.5 Å². The normalized spacial score (nSPS) is 11.4. The van der Waals surface area contributed by atoms with Crippen molar-refractivity contribution in [2.75, 3.05) is 17.2 Å². The third-order valence-corrected chi connectivity index (χ3v) is 3.66. The maximum Gasteiger partial charge on any atom is 0.411 e. The molecular formula is C17H17F3N6OS. The van der Waals surface area contributed by atoms with Crippen LogP contribution in [0.15, 0.2) is 55.1 Å². The topological polar surface area (TPSA) is 68.9 Å². The molecule has 0 bridgehead atoms. The Morgan fingerprint density at radius 1 is 1.00 bits per heavy atom. The number of alkyl halides is 3. The van der Waals surface area contributed by atoms with Crippen LogP contribution in [-0.2, 0) is 18.0 Å². The van der Waals surface area contributed by atoms with E-state index in [0.717, 1.165) is 5.56 Å². The van der Waals surface area contributed by atoms with Crippen molar-refractivity contribution in [3.63, 3.8) is 0 Å². The third kappa shape index (κ3) is 6.35. The van der Waals surface area contributed by atoms with Crippen LogP contribution in [0, 0.1) is 0 Å². The van der Waals surface area contributed by atoms with Gasteiger partial charge in [0.2, 0.25) is 0 Å². The van der Waals surface area contributed by atoms with Crippen molar-refractivity contribution < 1.29 is 17.9 Å². The van der Waals surface area contributed by atoms with Crippen LogP contribution in [0.5, 0.6) is 0 Å². The molecule has 148 valence electrons. The summed E-state index contributed by atoms with van der Waals surface area (Å²) < 4.78 is 43.7. The fourth-order valence-electron chi connectivity index (χ4n) is 2.33. The minimum absolute atomic E-state index is 0.301. The van der Waals surface area contributed by atoms with Crippen LogP contribution in [0.2, 0.25) is 0 Å². The molecule has 3 aromatic rings. The van der Waals surface area contributed by atoms with Gasteiger partial charge in [0.1, 0.15) is 13.3 Å². The Labute approximate surface area is 164 Å². The average Bonchev–Trinajstić information content (AvgIpc) is 3.24. The Kier molecular flexibility index (Phi) is 6.26. The maximum absolute atomic E-state index is 12.1. The van der Waals surface area contributed by atoms with E-state index in [9.17, 15) is 13.2 Å². The van der Waals surface area contributed by atoms with Crippen LogP contribution >= 0.6 is 12.2 Å². The van der Waals surface area contributed by atoms with Gasteiger partial charge in [0, 0.05) is 6.20 Å². The largest absolute Gasteiger partial charge is 0.411 e. The fourth-order valence-corrected chi connectivity index (χ4v) is 2.57. The number of benzene rings is 1. The van der Waals surface area contributed by atoms with Gasteiger partial charge in [-0.15, -0.1) is 0 Å². The van der Waals surface area contributed by atoms with Gasteiger partial charge in [-0.1, -0.05) is 30.3 Å². The molecule has 2 heterocycles. The highest BCUT2D eigenvalue weighted by atomic mass is 32.1. The van der Waals surface area contributed by atoms with Crippen molar-refractivity contribution in [3.8, 4) is 0 Å². The van der Waals surface area contributed by atoms with Crippen molar-refractivity contribution in [2.45, 2.75) is 19.5 Å². The minimum Gasteiger partial charge on any atom is -0.350 e. The van der Waals surface area contributed by atoms with Gasteiger partial charge in [0.25, 0.3) is 0 Å². The van der Waals surface area contributed by atoms with Gasteiger partial charge in [0.15, 0.2) is 5.11 Å². The van der Waals surface area contributed by atoms with Gasteiger partial charge in [0.05, 0.1) is 36.5 Å². The predicted molar refractivity (Wildman–Crippen MR) is 102 cm³/mol. The molecule has 28 heavy (non-hydrogen) atoms. The van der Waals surface area contributed by atoms with Gasteiger partial charge in [-0.3, -0.25) is 4.68 Å². The summed E-state index contributed by atoms with van der Waals surface area (Å²) >= 11 is 5.23. The van der Waals surface area contributed by atoms with Crippen molar-refractivity contribution in [2.24, 2.45) is 0 Å². The van der Waals surface area contributed by atoms with Crippen LogP contribution < -0.4 is 10.6 Å². The van der Waals surface area contributed by atoms with Gasteiger partial charge in [-0.2, -0.15) is 23.4 Å². The fraction of sp³-hybridized carbons (Fsp3) is 0.235. The number of halogens is 3. The number of thiocarbonyl (C=S) groups is 1. The van der Waals surface area contributed by atoms with Crippen LogP contribution in [0.25, 0.3) is 0 Å². The van der Waals surface area contributed by atoms with E-state index >= 15 is 0 Å². The molecule has 3 rings (SSSR count). The second-order valence-electron chi connectivity index (χ2n) is 5.85. The summed E-state index contributed by atoms with van der Waals surface area (Å²) in [6, 6.07) is 9.90. The van der Waals surface area contributed by atoms with E-state index in [4.69, 9.17) is 12.2 Å². The van der Waals surface area contributed by atoms with Gasteiger partial charge >= 0.3 is 6.18 Å². The summed E-state index contributed by atoms with van der Waals surface area (Å²) in [6.07, 6.45) is 2.01. The highest BCUT2D eigenvalue weighted by molar-refractivity contribution is 7.80. The van der Waals surface area contributed by atoms with Gasteiger partial charge < -0.3 is 15.4 Å². The number of nitrogens with one attached hydrogen (secondary N) is 2. The second-order valence-corrected chi connectivity index (χ2v) is 6.26. The summed E-state index contributed by atoms with van der Waals surface area (Å²) in [7, 11) is 0. The van der Waals surface area contributed by atoms with Crippen molar-refractivity contribution >= 4 is 28.7 Å². The van der Waals surface area contributed by atoms with Crippen LogP contribution in [-0.4, -0.2) is 37.5 Å². The molecule has 0 spiro atoms.